The predicted molar refractivity (Wildman–Crippen MR) is 62.9 cm³/mol. The van der Waals surface area contributed by atoms with Crippen molar-refractivity contribution in [2.45, 2.75) is 59.9 Å². The number of hydrogen-bond acceptors (Lipinski definition) is 2. The molecule has 0 radical (unpaired) electrons. The highest BCUT2D eigenvalue weighted by Crippen LogP contribution is 2.25. The molecule has 3 nitrogen and oxygen atoms in total. The van der Waals surface area contributed by atoms with Crippen LogP contribution >= 0.6 is 0 Å². The summed E-state index contributed by atoms with van der Waals surface area (Å²) in [5.74, 6) is 0.633. The fraction of sp³-hybridized carbons (Fsp3) is 0.833. The average Bonchev–Trinajstić information content (AvgIpc) is 2.45. The molecule has 1 aromatic rings. The SMILES string of the molecule is CCn1nnc(CC(C)C)c1C(C)(C)C. The third-order valence-corrected chi connectivity index (χ3v) is 2.42. The van der Waals surface area contributed by atoms with Gasteiger partial charge in [0, 0.05) is 12.0 Å². The number of aromatic nitrogens is 3. The largest absolute Gasteiger partial charge is 0.249 e. The second kappa shape index (κ2) is 4.33. The lowest BCUT2D eigenvalue weighted by Gasteiger charge is -2.21. The number of aryl methyl sites for hydroxylation is 1. The molecular formula is C12H23N3. The topological polar surface area (TPSA) is 30.7 Å². The third-order valence-electron chi connectivity index (χ3n) is 2.42. The minimum atomic E-state index is 0.129. The number of nitrogens with zero attached hydrogens (tertiary/aromatic N) is 3. The van der Waals surface area contributed by atoms with Crippen LogP contribution in [0, 0.1) is 5.92 Å². The monoisotopic (exact) mass is 209 g/mol. The van der Waals surface area contributed by atoms with Gasteiger partial charge in [0.2, 0.25) is 0 Å². The van der Waals surface area contributed by atoms with E-state index < -0.39 is 0 Å². The molecule has 0 atom stereocenters. The van der Waals surface area contributed by atoms with Crippen molar-refractivity contribution in [1.82, 2.24) is 15.0 Å². The van der Waals surface area contributed by atoms with Crippen LogP contribution in [0.25, 0.3) is 0 Å². The minimum absolute atomic E-state index is 0.129. The maximum absolute atomic E-state index is 4.31. The second-order valence-electron chi connectivity index (χ2n) is 5.55. The van der Waals surface area contributed by atoms with Crippen LogP contribution in [0.15, 0.2) is 0 Å². The normalized spacial score (nSPS) is 12.5. The van der Waals surface area contributed by atoms with Crippen molar-refractivity contribution in [1.29, 1.82) is 0 Å². The Morgan fingerprint density at radius 2 is 1.87 bits per heavy atom. The zero-order valence-corrected chi connectivity index (χ0v) is 10.8. The molecule has 0 N–H and O–H groups in total. The summed E-state index contributed by atoms with van der Waals surface area (Å²) >= 11 is 0. The fourth-order valence-corrected chi connectivity index (χ4v) is 1.91. The molecule has 0 saturated heterocycles. The summed E-state index contributed by atoms with van der Waals surface area (Å²) in [6, 6.07) is 0. The van der Waals surface area contributed by atoms with Crippen LogP contribution in [0.3, 0.4) is 0 Å². The molecule has 0 aliphatic heterocycles. The second-order valence-corrected chi connectivity index (χ2v) is 5.55. The minimum Gasteiger partial charge on any atom is -0.249 e. The summed E-state index contributed by atoms with van der Waals surface area (Å²) in [6.07, 6.45) is 1.02. The van der Waals surface area contributed by atoms with Gasteiger partial charge in [-0.1, -0.05) is 39.8 Å². The highest BCUT2D eigenvalue weighted by atomic mass is 15.4. The van der Waals surface area contributed by atoms with Crippen LogP contribution in [0.1, 0.15) is 52.9 Å². The molecule has 15 heavy (non-hydrogen) atoms. The van der Waals surface area contributed by atoms with Gasteiger partial charge in [0.05, 0.1) is 11.4 Å². The number of rotatable bonds is 3. The Kier molecular flexibility index (Phi) is 3.53. The first-order valence-electron chi connectivity index (χ1n) is 5.79. The van der Waals surface area contributed by atoms with Crippen LogP contribution in [0.5, 0.6) is 0 Å². The van der Waals surface area contributed by atoms with Gasteiger partial charge >= 0.3 is 0 Å². The van der Waals surface area contributed by atoms with E-state index in [9.17, 15) is 0 Å². The van der Waals surface area contributed by atoms with Crippen molar-refractivity contribution < 1.29 is 0 Å². The van der Waals surface area contributed by atoms with Gasteiger partial charge in [0.1, 0.15) is 0 Å². The Balaban J connectivity index is 3.12. The number of hydrogen-bond donors (Lipinski definition) is 0. The molecule has 0 aliphatic carbocycles. The smallest absolute Gasteiger partial charge is 0.0867 e. The third kappa shape index (κ3) is 2.80. The Morgan fingerprint density at radius 1 is 1.27 bits per heavy atom. The van der Waals surface area contributed by atoms with Crippen molar-refractivity contribution in [2.75, 3.05) is 0 Å². The zero-order valence-electron chi connectivity index (χ0n) is 10.8. The molecule has 0 unspecified atom stereocenters. The molecule has 1 aromatic heterocycles. The summed E-state index contributed by atoms with van der Waals surface area (Å²) in [5, 5.41) is 8.53. The predicted octanol–water partition coefficient (Wildman–Crippen LogP) is 2.79. The van der Waals surface area contributed by atoms with E-state index in [4.69, 9.17) is 0 Å². The first-order chi connectivity index (χ1) is 6.86. The molecule has 0 spiro atoms. The lowest BCUT2D eigenvalue weighted by molar-refractivity contribution is 0.487. The molecule has 1 rings (SSSR count). The first-order valence-corrected chi connectivity index (χ1v) is 5.79. The summed E-state index contributed by atoms with van der Waals surface area (Å²) in [4.78, 5) is 0. The molecule has 86 valence electrons. The van der Waals surface area contributed by atoms with Gasteiger partial charge in [-0.25, -0.2) is 4.68 Å². The van der Waals surface area contributed by atoms with Gasteiger partial charge in [-0.05, 0) is 19.3 Å². The van der Waals surface area contributed by atoms with E-state index in [1.807, 2.05) is 4.68 Å². The van der Waals surface area contributed by atoms with E-state index in [1.54, 1.807) is 0 Å². The summed E-state index contributed by atoms with van der Waals surface area (Å²) in [6.45, 7) is 14.1. The Morgan fingerprint density at radius 3 is 2.27 bits per heavy atom. The summed E-state index contributed by atoms with van der Waals surface area (Å²) in [5.41, 5.74) is 2.59. The van der Waals surface area contributed by atoms with Crippen LogP contribution in [0.2, 0.25) is 0 Å². The summed E-state index contributed by atoms with van der Waals surface area (Å²) in [7, 11) is 0. The zero-order chi connectivity index (χ0) is 11.6. The van der Waals surface area contributed by atoms with Gasteiger partial charge in [-0.3, -0.25) is 0 Å². The van der Waals surface area contributed by atoms with Gasteiger partial charge in [0.15, 0.2) is 0 Å². The van der Waals surface area contributed by atoms with E-state index in [0.717, 1.165) is 13.0 Å². The van der Waals surface area contributed by atoms with Gasteiger partial charge in [-0.15, -0.1) is 5.10 Å². The maximum Gasteiger partial charge on any atom is 0.0867 e. The maximum atomic E-state index is 4.31. The standard InChI is InChI=1S/C12H23N3/c1-7-15-11(12(4,5)6)10(13-14-15)8-9(2)3/h9H,7-8H2,1-6H3. The lowest BCUT2D eigenvalue weighted by atomic mass is 9.88. The van der Waals surface area contributed by atoms with E-state index in [2.05, 4.69) is 51.9 Å². The van der Waals surface area contributed by atoms with Crippen molar-refractivity contribution in [2.24, 2.45) is 5.92 Å². The molecule has 3 heteroatoms. The van der Waals surface area contributed by atoms with Crippen LogP contribution in [0.4, 0.5) is 0 Å². The first kappa shape index (κ1) is 12.2. The molecule has 0 amide bonds. The molecule has 0 fully saturated rings. The van der Waals surface area contributed by atoms with E-state index >= 15 is 0 Å². The Hall–Kier alpha value is -0.860. The van der Waals surface area contributed by atoms with Crippen molar-refractivity contribution >= 4 is 0 Å². The quantitative estimate of drug-likeness (QED) is 0.766. The molecule has 0 aromatic carbocycles. The molecule has 0 saturated carbocycles. The van der Waals surface area contributed by atoms with Gasteiger partial charge in [-0.2, -0.15) is 0 Å². The fourth-order valence-electron chi connectivity index (χ4n) is 1.91. The summed E-state index contributed by atoms with van der Waals surface area (Å²) < 4.78 is 2.03. The lowest BCUT2D eigenvalue weighted by Crippen LogP contribution is -2.20. The van der Waals surface area contributed by atoms with Crippen molar-refractivity contribution in [3.63, 3.8) is 0 Å². The van der Waals surface area contributed by atoms with Crippen LogP contribution in [-0.2, 0) is 18.4 Å². The van der Waals surface area contributed by atoms with Crippen LogP contribution < -0.4 is 0 Å². The molecule has 0 aliphatic rings. The highest BCUT2D eigenvalue weighted by molar-refractivity contribution is 5.19. The molecular weight excluding hydrogens is 186 g/mol. The van der Waals surface area contributed by atoms with Crippen molar-refractivity contribution in [3.8, 4) is 0 Å². The van der Waals surface area contributed by atoms with E-state index in [1.165, 1.54) is 11.4 Å². The molecule has 0 bridgehead atoms. The highest BCUT2D eigenvalue weighted by Gasteiger charge is 2.24. The van der Waals surface area contributed by atoms with Crippen LogP contribution in [-0.4, -0.2) is 15.0 Å². The molecule has 1 heterocycles. The Labute approximate surface area is 92.9 Å². The van der Waals surface area contributed by atoms with Gasteiger partial charge < -0.3 is 0 Å². The van der Waals surface area contributed by atoms with E-state index in [0.29, 0.717) is 5.92 Å². The van der Waals surface area contributed by atoms with Crippen molar-refractivity contribution in [3.05, 3.63) is 11.4 Å². The Bertz CT molecular complexity index is 318. The van der Waals surface area contributed by atoms with E-state index in [-0.39, 0.29) is 5.41 Å². The van der Waals surface area contributed by atoms with Gasteiger partial charge in [0.25, 0.3) is 0 Å². The average molecular weight is 209 g/mol.